The molecule has 34 heavy (non-hydrogen) atoms. The number of fused-ring (bicyclic) bond motifs is 1. The van der Waals surface area contributed by atoms with Crippen molar-refractivity contribution in [1.82, 2.24) is 9.97 Å². The lowest BCUT2D eigenvalue weighted by Crippen LogP contribution is -2.21. The van der Waals surface area contributed by atoms with Gasteiger partial charge in [-0.1, -0.05) is 60.1 Å². The average Bonchev–Trinajstić information content (AvgIpc) is 3.55. The van der Waals surface area contributed by atoms with Crippen molar-refractivity contribution in [3.8, 4) is 11.3 Å². The van der Waals surface area contributed by atoms with E-state index < -0.39 is 0 Å². The summed E-state index contributed by atoms with van der Waals surface area (Å²) in [6.45, 7) is 0. The molecule has 6 rings (SSSR count). The standard InChI is InChI=1S/C27H18ClFN4S/c28-19-10-13-22-21(15-19)26(18-5-2-1-3-6-18)31-27(30-22)33-24(17-8-11-20(29)12-9-17)16-23(32-33)25-7-4-14-34-25/h1-15,24H,16H2/t24-/m0/s1. The van der Waals surface area contributed by atoms with Crippen LogP contribution in [0.4, 0.5) is 10.3 Å². The molecule has 166 valence electrons. The Hall–Kier alpha value is -3.61. The first-order valence-electron chi connectivity index (χ1n) is 10.8. The Morgan fingerprint density at radius 1 is 0.912 bits per heavy atom. The smallest absolute Gasteiger partial charge is 0.223 e. The number of rotatable bonds is 4. The molecule has 0 aliphatic carbocycles. The fraction of sp³-hybridized carbons (Fsp3) is 0.0741. The van der Waals surface area contributed by atoms with Crippen LogP contribution in [0.2, 0.25) is 5.02 Å². The zero-order chi connectivity index (χ0) is 23.1. The molecule has 3 aromatic carbocycles. The van der Waals surface area contributed by atoms with E-state index in [4.69, 9.17) is 26.7 Å². The lowest BCUT2D eigenvalue weighted by atomic mass is 10.0. The van der Waals surface area contributed by atoms with Gasteiger partial charge in [0.1, 0.15) is 5.82 Å². The lowest BCUT2D eigenvalue weighted by molar-refractivity contribution is 0.623. The van der Waals surface area contributed by atoms with Crippen LogP contribution in [0.15, 0.2) is 95.4 Å². The van der Waals surface area contributed by atoms with E-state index in [1.54, 1.807) is 23.5 Å². The highest BCUT2D eigenvalue weighted by Gasteiger charge is 2.32. The molecule has 5 aromatic rings. The quantitative estimate of drug-likeness (QED) is 0.265. The van der Waals surface area contributed by atoms with Crippen molar-refractivity contribution >= 4 is 45.5 Å². The van der Waals surface area contributed by atoms with Crippen molar-refractivity contribution in [2.45, 2.75) is 12.5 Å². The highest BCUT2D eigenvalue weighted by molar-refractivity contribution is 7.12. The van der Waals surface area contributed by atoms with Gasteiger partial charge < -0.3 is 0 Å². The predicted octanol–water partition coefficient (Wildman–Crippen LogP) is 7.51. The molecule has 2 aromatic heterocycles. The zero-order valence-electron chi connectivity index (χ0n) is 17.9. The van der Waals surface area contributed by atoms with Gasteiger partial charge in [-0.05, 0) is 47.3 Å². The summed E-state index contributed by atoms with van der Waals surface area (Å²) < 4.78 is 13.7. The second-order valence-corrected chi connectivity index (χ2v) is 9.42. The van der Waals surface area contributed by atoms with Crippen LogP contribution in [-0.4, -0.2) is 15.7 Å². The molecule has 0 unspecified atom stereocenters. The second-order valence-electron chi connectivity index (χ2n) is 8.04. The molecular formula is C27H18ClFN4S. The van der Waals surface area contributed by atoms with Gasteiger partial charge >= 0.3 is 0 Å². The molecule has 4 nitrogen and oxygen atoms in total. The van der Waals surface area contributed by atoms with Gasteiger partial charge in [0.15, 0.2) is 0 Å². The SMILES string of the molecule is Fc1ccc([C@@H]2CC(c3cccs3)=NN2c2nc(-c3ccccc3)c3cc(Cl)ccc3n2)cc1. The molecule has 1 atom stereocenters. The van der Waals surface area contributed by atoms with Crippen molar-refractivity contribution in [1.29, 1.82) is 0 Å². The minimum Gasteiger partial charge on any atom is -0.223 e. The topological polar surface area (TPSA) is 41.4 Å². The number of hydrogen-bond donors (Lipinski definition) is 0. The van der Waals surface area contributed by atoms with Crippen molar-refractivity contribution < 1.29 is 4.39 Å². The first-order chi connectivity index (χ1) is 16.7. The van der Waals surface area contributed by atoms with Crippen LogP contribution in [0, 0.1) is 5.82 Å². The number of halogens is 2. The van der Waals surface area contributed by atoms with E-state index in [-0.39, 0.29) is 11.9 Å². The van der Waals surface area contributed by atoms with Gasteiger partial charge in [0.25, 0.3) is 0 Å². The molecule has 0 saturated carbocycles. The summed E-state index contributed by atoms with van der Waals surface area (Å²) in [5.74, 6) is 0.229. The van der Waals surface area contributed by atoms with Crippen molar-refractivity contribution in [3.05, 3.63) is 112 Å². The molecule has 0 N–H and O–H groups in total. The normalized spacial score (nSPS) is 15.6. The van der Waals surface area contributed by atoms with Gasteiger partial charge in [0, 0.05) is 22.4 Å². The number of thiophene rings is 1. The largest absolute Gasteiger partial charge is 0.247 e. The first kappa shape index (κ1) is 21.0. The monoisotopic (exact) mass is 484 g/mol. The Morgan fingerprint density at radius 3 is 2.50 bits per heavy atom. The maximum absolute atomic E-state index is 13.7. The number of benzene rings is 3. The highest BCUT2D eigenvalue weighted by Crippen LogP contribution is 2.38. The van der Waals surface area contributed by atoms with E-state index in [1.807, 2.05) is 65.0 Å². The van der Waals surface area contributed by atoms with Gasteiger partial charge in [-0.2, -0.15) is 5.10 Å². The predicted molar refractivity (Wildman–Crippen MR) is 137 cm³/mol. The Bertz CT molecular complexity index is 1500. The van der Waals surface area contributed by atoms with Crippen LogP contribution in [0.25, 0.3) is 22.2 Å². The fourth-order valence-electron chi connectivity index (χ4n) is 4.24. The molecule has 0 amide bonds. The molecule has 0 saturated heterocycles. The number of anilines is 1. The summed E-state index contributed by atoms with van der Waals surface area (Å²) in [5, 5.41) is 10.4. The summed E-state index contributed by atoms with van der Waals surface area (Å²) in [5.41, 5.74) is 4.47. The molecule has 3 heterocycles. The molecule has 1 aliphatic heterocycles. The van der Waals surface area contributed by atoms with Crippen LogP contribution < -0.4 is 5.01 Å². The van der Waals surface area contributed by atoms with Crippen LogP contribution in [0.5, 0.6) is 0 Å². The third-order valence-electron chi connectivity index (χ3n) is 5.87. The van der Waals surface area contributed by atoms with Crippen molar-refractivity contribution in [2.24, 2.45) is 5.10 Å². The number of nitrogens with zero attached hydrogens (tertiary/aromatic N) is 4. The Balaban J connectivity index is 1.54. The van der Waals surface area contributed by atoms with E-state index in [0.29, 0.717) is 17.4 Å². The molecular weight excluding hydrogens is 467 g/mol. The summed E-state index contributed by atoms with van der Waals surface area (Å²) in [7, 11) is 0. The molecule has 0 spiro atoms. The summed E-state index contributed by atoms with van der Waals surface area (Å²) in [4.78, 5) is 11.0. The summed E-state index contributed by atoms with van der Waals surface area (Å²) >= 11 is 7.97. The van der Waals surface area contributed by atoms with E-state index in [0.717, 1.165) is 38.3 Å². The molecule has 0 radical (unpaired) electrons. The summed E-state index contributed by atoms with van der Waals surface area (Å²) in [6, 6.07) is 26.1. The van der Waals surface area contributed by atoms with Crippen LogP contribution in [-0.2, 0) is 0 Å². The van der Waals surface area contributed by atoms with Gasteiger partial charge in [-0.25, -0.2) is 19.4 Å². The van der Waals surface area contributed by atoms with Crippen LogP contribution in [0.3, 0.4) is 0 Å². The highest BCUT2D eigenvalue weighted by atomic mass is 35.5. The maximum Gasteiger partial charge on any atom is 0.247 e. The van der Waals surface area contributed by atoms with Crippen molar-refractivity contribution in [2.75, 3.05) is 5.01 Å². The average molecular weight is 485 g/mol. The third-order valence-corrected chi connectivity index (χ3v) is 7.02. The van der Waals surface area contributed by atoms with Gasteiger partial charge in [-0.15, -0.1) is 11.3 Å². The molecule has 1 aliphatic rings. The Morgan fingerprint density at radius 2 is 1.74 bits per heavy atom. The summed E-state index contributed by atoms with van der Waals surface area (Å²) in [6.07, 6.45) is 0.675. The maximum atomic E-state index is 13.7. The Kier molecular flexibility index (Phi) is 5.32. The van der Waals surface area contributed by atoms with Crippen LogP contribution in [0.1, 0.15) is 22.9 Å². The molecule has 0 bridgehead atoms. The van der Waals surface area contributed by atoms with Crippen molar-refractivity contribution in [3.63, 3.8) is 0 Å². The first-order valence-corrected chi connectivity index (χ1v) is 12.1. The molecule has 0 fully saturated rings. The Labute approximate surface area is 205 Å². The fourth-order valence-corrected chi connectivity index (χ4v) is 5.13. The zero-order valence-corrected chi connectivity index (χ0v) is 19.5. The van der Waals surface area contributed by atoms with Crippen LogP contribution >= 0.6 is 22.9 Å². The second kappa shape index (κ2) is 8.63. The third kappa shape index (κ3) is 3.85. The van der Waals surface area contributed by atoms with E-state index in [1.165, 1.54) is 12.1 Å². The lowest BCUT2D eigenvalue weighted by Gasteiger charge is -2.23. The van der Waals surface area contributed by atoms with E-state index in [9.17, 15) is 4.39 Å². The number of hydrazone groups is 1. The van der Waals surface area contributed by atoms with Gasteiger partial charge in [-0.3, -0.25) is 0 Å². The van der Waals surface area contributed by atoms with Gasteiger partial charge in [0.05, 0.1) is 27.8 Å². The minimum atomic E-state index is -0.266. The van der Waals surface area contributed by atoms with E-state index >= 15 is 0 Å². The molecule has 7 heteroatoms. The van der Waals surface area contributed by atoms with Gasteiger partial charge in [0.2, 0.25) is 5.95 Å². The minimum absolute atomic E-state index is 0.147. The number of aromatic nitrogens is 2. The number of hydrogen-bond acceptors (Lipinski definition) is 5. The van der Waals surface area contributed by atoms with E-state index in [2.05, 4.69) is 6.07 Å².